The van der Waals surface area contributed by atoms with Crippen LogP contribution < -0.4 is 0 Å². The molecule has 1 heterocycles. The smallest absolute Gasteiger partial charge is 0.157 e. The van der Waals surface area contributed by atoms with E-state index in [9.17, 15) is 0 Å². The topological polar surface area (TPSA) is 36.9 Å². The molecule has 1 unspecified atom stereocenters. The van der Waals surface area contributed by atoms with E-state index >= 15 is 0 Å². The van der Waals surface area contributed by atoms with Crippen molar-refractivity contribution < 1.29 is 18.9 Å². The van der Waals surface area contributed by atoms with Crippen LogP contribution in [0.2, 0.25) is 0 Å². The van der Waals surface area contributed by atoms with Crippen LogP contribution in [0.5, 0.6) is 0 Å². The Morgan fingerprint density at radius 3 is 1.86 bits per heavy atom. The fourth-order valence-electron chi connectivity index (χ4n) is 3.27. The second kappa shape index (κ2) is 12.7. The van der Waals surface area contributed by atoms with E-state index in [4.69, 9.17) is 18.9 Å². The molecular weight excluding hydrogens is 352 g/mol. The van der Waals surface area contributed by atoms with Crippen molar-refractivity contribution in [3.63, 3.8) is 0 Å². The van der Waals surface area contributed by atoms with Gasteiger partial charge in [-0.25, -0.2) is 0 Å². The van der Waals surface area contributed by atoms with Gasteiger partial charge in [-0.3, -0.25) is 0 Å². The van der Waals surface area contributed by atoms with E-state index in [0.717, 1.165) is 32.3 Å². The first-order valence-corrected chi connectivity index (χ1v) is 10.4. The van der Waals surface area contributed by atoms with Crippen LogP contribution in [-0.4, -0.2) is 32.2 Å². The molecule has 28 heavy (non-hydrogen) atoms. The van der Waals surface area contributed by atoms with Crippen molar-refractivity contribution >= 4 is 0 Å². The molecule has 0 aromatic heterocycles. The van der Waals surface area contributed by atoms with Crippen molar-refractivity contribution in [3.05, 3.63) is 71.8 Å². The minimum Gasteiger partial charge on any atom is -0.377 e. The maximum Gasteiger partial charge on any atom is 0.157 e. The van der Waals surface area contributed by atoms with E-state index < -0.39 is 0 Å². The van der Waals surface area contributed by atoms with Gasteiger partial charge in [0, 0.05) is 19.8 Å². The maximum atomic E-state index is 6.21. The quantitative estimate of drug-likeness (QED) is 0.477. The Labute approximate surface area is 168 Å². The summed E-state index contributed by atoms with van der Waals surface area (Å²) < 4.78 is 23.7. The molecule has 3 rings (SSSR count). The highest BCUT2D eigenvalue weighted by Gasteiger charge is 2.19. The molecule has 1 saturated heterocycles. The van der Waals surface area contributed by atoms with Crippen LogP contribution in [0.15, 0.2) is 60.7 Å². The van der Waals surface area contributed by atoms with Crippen LogP contribution in [0.3, 0.4) is 0 Å². The minimum absolute atomic E-state index is 0.0815. The van der Waals surface area contributed by atoms with Crippen molar-refractivity contribution in [2.24, 2.45) is 0 Å². The number of ether oxygens (including phenoxy) is 4. The Bertz CT molecular complexity index is 578. The number of benzene rings is 2. The number of hydrogen-bond donors (Lipinski definition) is 0. The summed E-state index contributed by atoms with van der Waals surface area (Å²) in [5.74, 6) is 0. The van der Waals surface area contributed by atoms with Gasteiger partial charge in [0.05, 0.1) is 19.3 Å². The SMILES string of the molecule is c1ccc(COCCC(CCOCc2ccccc2)OC2CCCCO2)cc1. The van der Waals surface area contributed by atoms with E-state index in [1.54, 1.807) is 0 Å². The Morgan fingerprint density at radius 2 is 1.36 bits per heavy atom. The zero-order valence-electron chi connectivity index (χ0n) is 16.6. The number of hydrogen-bond acceptors (Lipinski definition) is 4. The molecule has 4 nitrogen and oxygen atoms in total. The average molecular weight is 385 g/mol. The van der Waals surface area contributed by atoms with Gasteiger partial charge in [0.15, 0.2) is 6.29 Å². The second-order valence-corrected chi connectivity index (χ2v) is 7.21. The lowest BCUT2D eigenvalue weighted by molar-refractivity contribution is -0.194. The van der Waals surface area contributed by atoms with Gasteiger partial charge in [-0.1, -0.05) is 60.7 Å². The summed E-state index contributed by atoms with van der Waals surface area (Å²) in [6.07, 6.45) is 4.99. The molecule has 0 bridgehead atoms. The summed E-state index contributed by atoms with van der Waals surface area (Å²) in [5.41, 5.74) is 2.39. The van der Waals surface area contributed by atoms with Gasteiger partial charge < -0.3 is 18.9 Å². The van der Waals surface area contributed by atoms with Crippen LogP contribution in [0, 0.1) is 0 Å². The highest BCUT2D eigenvalue weighted by Crippen LogP contribution is 2.18. The van der Waals surface area contributed by atoms with E-state index in [1.807, 2.05) is 36.4 Å². The van der Waals surface area contributed by atoms with Crippen LogP contribution in [0.25, 0.3) is 0 Å². The van der Waals surface area contributed by atoms with Gasteiger partial charge in [0.25, 0.3) is 0 Å². The predicted molar refractivity (Wildman–Crippen MR) is 110 cm³/mol. The summed E-state index contributed by atoms with van der Waals surface area (Å²) in [7, 11) is 0. The third-order valence-electron chi connectivity index (χ3n) is 4.87. The maximum absolute atomic E-state index is 6.21. The fourth-order valence-corrected chi connectivity index (χ4v) is 3.27. The lowest BCUT2D eigenvalue weighted by atomic mass is 10.1. The summed E-state index contributed by atoms with van der Waals surface area (Å²) in [6.45, 7) is 3.42. The zero-order chi connectivity index (χ0) is 19.3. The normalized spacial score (nSPS) is 17.1. The van der Waals surface area contributed by atoms with Crippen LogP contribution in [-0.2, 0) is 32.2 Å². The van der Waals surface area contributed by atoms with E-state index in [1.165, 1.54) is 17.5 Å². The van der Waals surface area contributed by atoms with Crippen molar-refractivity contribution in [1.29, 1.82) is 0 Å². The summed E-state index contributed by atoms with van der Waals surface area (Å²) in [4.78, 5) is 0. The average Bonchev–Trinajstić information content (AvgIpc) is 2.76. The zero-order valence-corrected chi connectivity index (χ0v) is 16.6. The van der Waals surface area contributed by atoms with Gasteiger partial charge >= 0.3 is 0 Å². The lowest BCUT2D eigenvalue weighted by Crippen LogP contribution is -2.29. The molecule has 0 spiro atoms. The molecule has 1 fully saturated rings. The van der Waals surface area contributed by atoms with Crippen molar-refractivity contribution in [1.82, 2.24) is 0 Å². The molecule has 1 aliphatic rings. The van der Waals surface area contributed by atoms with Gasteiger partial charge in [-0.15, -0.1) is 0 Å². The Kier molecular flexibility index (Phi) is 9.51. The largest absolute Gasteiger partial charge is 0.377 e. The highest BCUT2D eigenvalue weighted by molar-refractivity contribution is 5.14. The molecule has 152 valence electrons. The molecule has 1 atom stereocenters. The standard InChI is InChI=1S/C24H32O4/c1-3-9-21(10-4-1)19-25-17-14-23(28-24-13-7-8-16-27-24)15-18-26-20-22-11-5-2-6-12-22/h1-6,9-12,23-24H,7-8,13-20H2. The first kappa shape index (κ1) is 21.0. The van der Waals surface area contributed by atoms with Gasteiger partial charge in [-0.05, 0) is 43.2 Å². The summed E-state index contributed by atoms with van der Waals surface area (Å²) >= 11 is 0. The molecule has 2 aromatic rings. The van der Waals surface area contributed by atoms with E-state index in [2.05, 4.69) is 24.3 Å². The lowest BCUT2D eigenvalue weighted by Gasteiger charge is -2.28. The van der Waals surface area contributed by atoms with Gasteiger partial charge in [-0.2, -0.15) is 0 Å². The first-order chi connectivity index (χ1) is 13.9. The number of rotatable bonds is 12. The summed E-state index contributed by atoms with van der Waals surface area (Å²) in [6, 6.07) is 20.5. The molecule has 2 aromatic carbocycles. The Hall–Kier alpha value is -1.72. The summed E-state index contributed by atoms with van der Waals surface area (Å²) in [5, 5.41) is 0. The highest BCUT2D eigenvalue weighted by atomic mass is 16.7. The monoisotopic (exact) mass is 384 g/mol. The third kappa shape index (κ3) is 8.11. The molecule has 0 amide bonds. The Morgan fingerprint density at radius 1 is 0.786 bits per heavy atom. The van der Waals surface area contributed by atoms with E-state index in [0.29, 0.717) is 26.4 Å². The molecule has 0 aliphatic carbocycles. The Balaban J connectivity index is 1.38. The molecule has 0 N–H and O–H groups in total. The predicted octanol–water partition coefficient (Wildman–Crippen LogP) is 5.11. The molecule has 0 radical (unpaired) electrons. The van der Waals surface area contributed by atoms with Crippen LogP contribution >= 0.6 is 0 Å². The third-order valence-corrected chi connectivity index (χ3v) is 4.87. The molecule has 4 heteroatoms. The van der Waals surface area contributed by atoms with Gasteiger partial charge in [0.1, 0.15) is 0 Å². The van der Waals surface area contributed by atoms with Crippen LogP contribution in [0.4, 0.5) is 0 Å². The van der Waals surface area contributed by atoms with Crippen molar-refractivity contribution in [3.8, 4) is 0 Å². The fraction of sp³-hybridized carbons (Fsp3) is 0.500. The van der Waals surface area contributed by atoms with Crippen LogP contribution in [0.1, 0.15) is 43.2 Å². The molecule has 0 saturated carbocycles. The first-order valence-electron chi connectivity index (χ1n) is 10.4. The molecular formula is C24H32O4. The second-order valence-electron chi connectivity index (χ2n) is 7.21. The van der Waals surface area contributed by atoms with Crippen molar-refractivity contribution in [2.75, 3.05) is 19.8 Å². The molecule has 1 aliphatic heterocycles. The van der Waals surface area contributed by atoms with Gasteiger partial charge in [0.2, 0.25) is 0 Å². The van der Waals surface area contributed by atoms with E-state index in [-0.39, 0.29) is 12.4 Å². The minimum atomic E-state index is -0.0815. The van der Waals surface area contributed by atoms with Crippen molar-refractivity contribution in [2.45, 2.75) is 57.7 Å².